The van der Waals surface area contributed by atoms with Crippen LogP contribution in [-0.2, 0) is 22.7 Å². The van der Waals surface area contributed by atoms with Gasteiger partial charge in [-0.3, -0.25) is 0 Å². The maximum atomic E-state index is 9.32. The van der Waals surface area contributed by atoms with Crippen LogP contribution in [-0.4, -0.2) is 35.6 Å². The summed E-state index contributed by atoms with van der Waals surface area (Å²) in [6.45, 7) is 2.69. The van der Waals surface area contributed by atoms with Gasteiger partial charge in [0.1, 0.15) is 0 Å². The van der Waals surface area contributed by atoms with Gasteiger partial charge in [-0.05, 0) is 36.8 Å². The highest BCUT2D eigenvalue weighted by Gasteiger charge is 2.29. The summed E-state index contributed by atoms with van der Waals surface area (Å²) in [7, 11) is 0. The molecule has 0 radical (unpaired) electrons. The van der Waals surface area contributed by atoms with E-state index in [2.05, 4.69) is 24.3 Å². The van der Waals surface area contributed by atoms with Crippen molar-refractivity contribution >= 4 is 0 Å². The van der Waals surface area contributed by atoms with Crippen LogP contribution in [0.2, 0.25) is 0 Å². The monoisotopic (exact) mass is 384 g/mol. The molecular formula is C24H32O4. The number of rotatable bonds is 8. The molecule has 28 heavy (non-hydrogen) atoms. The van der Waals surface area contributed by atoms with E-state index in [4.69, 9.17) is 9.47 Å². The molecule has 2 aromatic rings. The Morgan fingerprint density at radius 3 is 1.29 bits per heavy atom. The Kier molecular flexibility index (Phi) is 8.49. The van der Waals surface area contributed by atoms with E-state index in [-0.39, 0.29) is 12.2 Å². The third kappa shape index (κ3) is 6.71. The summed E-state index contributed by atoms with van der Waals surface area (Å²) < 4.78 is 11.1. The van der Waals surface area contributed by atoms with Gasteiger partial charge in [0.05, 0.1) is 38.6 Å². The van der Waals surface area contributed by atoms with Gasteiger partial charge in [0.25, 0.3) is 0 Å². The van der Waals surface area contributed by atoms with E-state index < -0.39 is 0 Å². The second-order valence-electron chi connectivity index (χ2n) is 7.81. The van der Waals surface area contributed by atoms with Crippen molar-refractivity contribution in [3.63, 3.8) is 0 Å². The fourth-order valence-corrected chi connectivity index (χ4v) is 3.30. The van der Waals surface area contributed by atoms with Crippen LogP contribution in [0.5, 0.6) is 0 Å². The molecule has 0 unspecified atom stereocenters. The van der Waals surface area contributed by atoms with Gasteiger partial charge >= 0.3 is 0 Å². The van der Waals surface area contributed by atoms with E-state index in [1.807, 2.05) is 36.4 Å². The van der Waals surface area contributed by atoms with Crippen molar-refractivity contribution in [2.75, 3.05) is 13.2 Å². The average molecular weight is 385 g/mol. The van der Waals surface area contributed by atoms with Gasteiger partial charge in [-0.2, -0.15) is 0 Å². The van der Waals surface area contributed by atoms with Gasteiger partial charge in [-0.1, -0.05) is 60.7 Å². The summed E-state index contributed by atoms with van der Waals surface area (Å²) in [6, 6.07) is 20.3. The maximum Gasteiger partial charge on any atom is 0.0717 e. The van der Waals surface area contributed by atoms with Gasteiger partial charge in [0.15, 0.2) is 0 Å². The first kappa shape index (κ1) is 21.0. The highest BCUT2D eigenvalue weighted by molar-refractivity contribution is 5.14. The lowest BCUT2D eigenvalue weighted by Gasteiger charge is -2.31. The summed E-state index contributed by atoms with van der Waals surface area (Å²) >= 11 is 0. The summed E-state index contributed by atoms with van der Waals surface area (Å²) in [6.07, 6.45) is 3.86. The third-order valence-corrected chi connectivity index (χ3v) is 5.64. The SMILES string of the molecule is O[C@@H]1CC[C@H]1COCc1ccccc1.O[C@H]1CC[C@@H]1COCc1ccccc1. The van der Waals surface area contributed by atoms with Gasteiger partial charge in [-0.25, -0.2) is 0 Å². The highest BCUT2D eigenvalue weighted by atomic mass is 16.5. The number of hydrogen-bond acceptors (Lipinski definition) is 4. The molecule has 0 spiro atoms. The Hall–Kier alpha value is -1.72. The zero-order valence-corrected chi connectivity index (χ0v) is 16.5. The molecule has 152 valence electrons. The largest absolute Gasteiger partial charge is 0.393 e. The molecule has 0 aromatic heterocycles. The molecule has 0 saturated heterocycles. The molecule has 2 saturated carbocycles. The number of hydrogen-bond donors (Lipinski definition) is 2. The Labute approximate surface area is 168 Å². The second kappa shape index (κ2) is 11.3. The molecule has 2 aliphatic carbocycles. The molecule has 2 N–H and O–H groups in total. The zero-order chi connectivity index (χ0) is 19.6. The topological polar surface area (TPSA) is 58.9 Å². The van der Waals surface area contributed by atoms with Gasteiger partial charge in [0, 0.05) is 11.8 Å². The molecule has 2 aliphatic rings. The van der Waals surface area contributed by atoms with E-state index in [0.717, 1.165) is 25.7 Å². The third-order valence-electron chi connectivity index (χ3n) is 5.64. The molecular weight excluding hydrogens is 352 g/mol. The van der Waals surface area contributed by atoms with Crippen molar-refractivity contribution in [3.8, 4) is 0 Å². The van der Waals surface area contributed by atoms with E-state index in [0.29, 0.717) is 38.3 Å². The molecule has 2 fully saturated rings. The van der Waals surface area contributed by atoms with Crippen molar-refractivity contribution < 1.29 is 19.7 Å². The molecule has 0 amide bonds. The van der Waals surface area contributed by atoms with E-state index in [1.54, 1.807) is 0 Å². The van der Waals surface area contributed by atoms with Crippen LogP contribution in [0.15, 0.2) is 60.7 Å². The van der Waals surface area contributed by atoms with Gasteiger partial charge in [0.2, 0.25) is 0 Å². The summed E-state index contributed by atoms with van der Waals surface area (Å²) in [5, 5.41) is 18.6. The lowest BCUT2D eigenvalue weighted by Crippen LogP contribution is -2.34. The number of ether oxygens (including phenoxy) is 2. The van der Waals surface area contributed by atoms with Crippen LogP contribution in [0, 0.1) is 11.8 Å². The Morgan fingerprint density at radius 1 is 0.607 bits per heavy atom. The van der Waals surface area contributed by atoms with Crippen molar-refractivity contribution in [1.82, 2.24) is 0 Å². The second-order valence-corrected chi connectivity index (χ2v) is 7.81. The quantitative estimate of drug-likeness (QED) is 0.724. The molecule has 0 aliphatic heterocycles. The molecule has 4 rings (SSSR count). The first-order chi connectivity index (χ1) is 13.7. The van der Waals surface area contributed by atoms with Gasteiger partial charge in [-0.15, -0.1) is 0 Å². The molecule has 4 heteroatoms. The van der Waals surface area contributed by atoms with Crippen LogP contribution in [0.3, 0.4) is 0 Å². The summed E-state index contributed by atoms with van der Waals surface area (Å²) in [5.74, 6) is 0.748. The predicted octanol–water partition coefficient (Wildman–Crippen LogP) is 3.95. The smallest absolute Gasteiger partial charge is 0.0717 e. The minimum absolute atomic E-state index is 0.120. The molecule has 0 heterocycles. The van der Waals surface area contributed by atoms with Crippen molar-refractivity contribution in [3.05, 3.63) is 71.8 Å². The molecule has 2 aromatic carbocycles. The first-order valence-corrected chi connectivity index (χ1v) is 10.3. The van der Waals surface area contributed by atoms with Crippen LogP contribution in [0.1, 0.15) is 36.8 Å². The van der Waals surface area contributed by atoms with Gasteiger partial charge < -0.3 is 19.7 Å². The van der Waals surface area contributed by atoms with Crippen LogP contribution < -0.4 is 0 Å². The number of aliphatic hydroxyl groups is 2. The molecule has 0 bridgehead atoms. The minimum atomic E-state index is -0.120. The zero-order valence-electron chi connectivity index (χ0n) is 16.5. The normalized spacial score (nSPS) is 25.8. The molecule has 4 atom stereocenters. The van der Waals surface area contributed by atoms with E-state index in [9.17, 15) is 10.2 Å². The fraction of sp³-hybridized carbons (Fsp3) is 0.500. The Morgan fingerprint density at radius 2 is 1.00 bits per heavy atom. The minimum Gasteiger partial charge on any atom is -0.393 e. The van der Waals surface area contributed by atoms with Crippen LogP contribution in [0.4, 0.5) is 0 Å². The number of benzene rings is 2. The fourth-order valence-electron chi connectivity index (χ4n) is 3.30. The van der Waals surface area contributed by atoms with E-state index >= 15 is 0 Å². The van der Waals surface area contributed by atoms with Crippen molar-refractivity contribution in [1.29, 1.82) is 0 Å². The average Bonchev–Trinajstić information content (AvgIpc) is 2.74. The van der Waals surface area contributed by atoms with Crippen molar-refractivity contribution in [2.24, 2.45) is 11.8 Å². The summed E-state index contributed by atoms with van der Waals surface area (Å²) in [4.78, 5) is 0. The molecule has 4 nitrogen and oxygen atoms in total. The van der Waals surface area contributed by atoms with E-state index in [1.165, 1.54) is 11.1 Å². The van der Waals surface area contributed by atoms with Crippen LogP contribution in [0.25, 0.3) is 0 Å². The first-order valence-electron chi connectivity index (χ1n) is 10.3. The maximum absolute atomic E-state index is 9.32. The van der Waals surface area contributed by atoms with Crippen molar-refractivity contribution in [2.45, 2.75) is 51.1 Å². The summed E-state index contributed by atoms with van der Waals surface area (Å²) in [5.41, 5.74) is 2.39. The van der Waals surface area contributed by atoms with Crippen LogP contribution >= 0.6 is 0 Å². The Bertz CT molecular complexity index is 601. The lowest BCUT2D eigenvalue weighted by molar-refractivity contribution is -0.0356. The highest BCUT2D eigenvalue weighted by Crippen LogP contribution is 2.28. The lowest BCUT2D eigenvalue weighted by atomic mass is 9.83. The number of aliphatic hydroxyl groups excluding tert-OH is 2. The predicted molar refractivity (Wildman–Crippen MR) is 110 cm³/mol. The Balaban J connectivity index is 0.000000161. The standard InChI is InChI=1S/2C12H16O2/c2*13-12-7-6-11(12)9-14-8-10-4-2-1-3-5-10/h2*1-5,11-13H,6-9H2/t2*11-,12+/m10/s1.